The van der Waals surface area contributed by atoms with E-state index in [1.807, 2.05) is 27.7 Å². The molecule has 0 atom stereocenters. The van der Waals surface area contributed by atoms with Crippen LogP contribution in [0.2, 0.25) is 0 Å². The molecular formula is C21H25N3O5. The van der Waals surface area contributed by atoms with Crippen LogP contribution < -0.4 is 5.73 Å². The summed E-state index contributed by atoms with van der Waals surface area (Å²) in [5, 5.41) is 11.7. The molecule has 2 rings (SSSR count). The summed E-state index contributed by atoms with van der Waals surface area (Å²) >= 11 is 0. The number of nitro groups is 1. The van der Waals surface area contributed by atoms with Crippen LogP contribution in [0.5, 0.6) is 0 Å². The van der Waals surface area contributed by atoms with Gasteiger partial charge in [0.2, 0.25) is 0 Å². The van der Waals surface area contributed by atoms with Gasteiger partial charge < -0.3 is 15.4 Å². The first kappa shape index (κ1) is 21.9. The number of nitro benzene ring substituents is 1. The largest absolute Gasteiger partial charge is 0.465 e. The van der Waals surface area contributed by atoms with Gasteiger partial charge in [-0.25, -0.2) is 4.79 Å². The molecule has 0 radical (unpaired) electrons. The van der Waals surface area contributed by atoms with Crippen molar-refractivity contribution in [2.24, 2.45) is 0 Å². The molecule has 0 saturated heterocycles. The molecule has 0 heterocycles. The Labute approximate surface area is 169 Å². The van der Waals surface area contributed by atoms with E-state index in [-0.39, 0.29) is 40.5 Å². The number of nitrogen functional groups attached to an aromatic ring is 1. The van der Waals surface area contributed by atoms with Crippen molar-refractivity contribution in [3.05, 3.63) is 57.6 Å². The normalized spacial score (nSPS) is 10.9. The van der Waals surface area contributed by atoms with Gasteiger partial charge in [0.15, 0.2) is 0 Å². The van der Waals surface area contributed by atoms with Crippen LogP contribution in [0.3, 0.4) is 0 Å². The summed E-state index contributed by atoms with van der Waals surface area (Å²) in [6, 6.07) is 8.67. The summed E-state index contributed by atoms with van der Waals surface area (Å²) in [6.07, 6.45) is 0. The Morgan fingerprint density at radius 2 is 1.59 bits per heavy atom. The number of carbonyl (C=O) groups is 2. The van der Waals surface area contributed by atoms with E-state index in [0.29, 0.717) is 11.1 Å². The third kappa shape index (κ3) is 4.53. The minimum Gasteiger partial charge on any atom is -0.465 e. The smallest absolute Gasteiger partial charge is 0.337 e. The number of nitrogens with zero attached hydrogens (tertiary/aromatic N) is 2. The van der Waals surface area contributed by atoms with Crippen LogP contribution in [0.25, 0.3) is 11.1 Å². The van der Waals surface area contributed by atoms with Crippen molar-refractivity contribution >= 4 is 23.3 Å². The van der Waals surface area contributed by atoms with Crippen LogP contribution in [-0.2, 0) is 4.74 Å². The van der Waals surface area contributed by atoms with E-state index in [1.165, 1.54) is 31.4 Å². The van der Waals surface area contributed by atoms with E-state index in [2.05, 4.69) is 4.74 Å². The fourth-order valence-corrected chi connectivity index (χ4v) is 3.34. The molecule has 0 unspecified atom stereocenters. The molecule has 0 aromatic heterocycles. The minimum atomic E-state index is -0.564. The second-order valence-electron chi connectivity index (χ2n) is 7.19. The number of hydrogen-bond acceptors (Lipinski definition) is 6. The van der Waals surface area contributed by atoms with Crippen LogP contribution in [0, 0.1) is 10.1 Å². The lowest BCUT2D eigenvalue weighted by atomic mass is 9.97. The topological polar surface area (TPSA) is 116 Å². The van der Waals surface area contributed by atoms with Crippen molar-refractivity contribution in [2.45, 2.75) is 39.8 Å². The van der Waals surface area contributed by atoms with Crippen LogP contribution in [0.4, 0.5) is 11.4 Å². The molecule has 0 aliphatic rings. The minimum absolute atomic E-state index is 0.0756. The SMILES string of the molecule is COC(=O)c1ccc(-c2c(N)cc(C(=O)N(C(C)C)C(C)C)cc2[N+](=O)[O-])cc1. The van der Waals surface area contributed by atoms with E-state index in [4.69, 9.17) is 5.73 Å². The molecule has 0 aliphatic carbocycles. The highest BCUT2D eigenvalue weighted by atomic mass is 16.6. The average Bonchev–Trinajstić information content (AvgIpc) is 2.66. The zero-order valence-corrected chi connectivity index (χ0v) is 17.1. The van der Waals surface area contributed by atoms with E-state index in [9.17, 15) is 19.7 Å². The molecule has 8 nitrogen and oxygen atoms in total. The van der Waals surface area contributed by atoms with Crippen LogP contribution in [0.15, 0.2) is 36.4 Å². The van der Waals surface area contributed by atoms with Gasteiger partial charge in [-0.15, -0.1) is 0 Å². The highest BCUT2D eigenvalue weighted by Crippen LogP contribution is 2.37. The van der Waals surface area contributed by atoms with Gasteiger partial charge in [0.25, 0.3) is 11.6 Å². The van der Waals surface area contributed by atoms with Crippen molar-refractivity contribution < 1.29 is 19.2 Å². The van der Waals surface area contributed by atoms with Crippen LogP contribution in [0.1, 0.15) is 48.4 Å². The first-order valence-corrected chi connectivity index (χ1v) is 9.17. The van der Waals surface area contributed by atoms with Gasteiger partial charge in [-0.1, -0.05) is 12.1 Å². The van der Waals surface area contributed by atoms with Gasteiger partial charge in [0.1, 0.15) is 0 Å². The van der Waals surface area contributed by atoms with Gasteiger partial charge >= 0.3 is 5.97 Å². The van der Waals surface area contributed by atoms with Crippen LogP contribution in [-0.4, -0.2) is 40.9 Å². The van der Waals surface area contributed by atoms with Crippen molar-refractivity contribution in [1.29, 1.82) is 0 Å². The number of rotatable bonds is 6. The number of ether oxygens (including phenoxy) is 1. The monoisotopic (exact) mass is 399 g/mol. The van der Waals surface area contributed by atoms with Gasteiger partial charge in [0, 0.05) is 29.4 Å². The zero-order valence-electron chi connectivity index (χ0n) is 17.1. The lowest BCUT2D eigenvalue weighted by Crippen LogP contribution is -2.42. The number of benzene rings is 2. The Kier molecular flexibility index (Phi) is 6.58. The molecule has 0 fully saturated rings. The second kappa shape index (κ2) is 8.72. The lowest BCUT2D eigenvalue weighted by molar-refractivity contribution is -0.384. The number of anilines is 1. The molecule has 154 valence electrons. The van der Waals surface area contributed by atoms with E-state index in [1.54, 1.807) is 17.0 Å². The highest BCUT2D eigenvalue weighted by molar-refractivity contribution is 5.99. The van der Waals surface area contributed by atoms with Gasteiger partial charge in [0.05, 0.1) is 23.2 Å². The standard InChI is InChI=1S/C21H25N3O5/c1-12(2)23(13(3)4)20(25)16-10-17(22)19(18(11-16)24(27)28)14-6-8-15(9-7-14)21(26)29-5/h6-13H,22H2,1-5H3. The molecule has 8 heteroatoms. The Morgan fingerprint density at radius 1 is 1.03 bits per heavy atom. The second-order valence-corrected chi connectivity index (χ2v) is 7.19. The van der Waals surface area contributed by atoms with Crippen LogP contribution >= 0.6 is 0 Å². The lowest BCUT2D eigenvalue weighted by Gasteiger charge is -2.31. The molecule has 0 spiro atoms. The maximum atomic E-state index is 13.0. The molecule has 0 aliphatic heterocycles. The quantitative estimate of drug-likeness (QED) is 0.341. The highest BCUT2D eigenvalue weighted by Gasteiger charge is 2.27. The molecule has 0 bridgehead atoms. The van der Waals surface area contributed by atoms with Gasteiger partial charge in [-0.2, -0.15) is 0 Å². The van der Waals surface area contributed by atoms with E-state index < -0.39 is 10.9 Å². The molecular weight excluding hydrogens is 374 g/mol. The van der Waals surface area contributed by atoms with E-state index >= 15 is 0 Å². The molecule has 2 aromatic carbocycles. The number of esters is 1. The third-order valence-corrected chi connectivity index (χ3v) is 4.53. The summed E-state index contributed by atoms with van der Waals surface area (Å²) in [5.74, 6) is -0.834. The summed E-state index contributed by atoms with van der Waals surface area (Å²) < 4.78 is 4.66. The molecule has 1 amide bonds. The zero-order chi connectivity index (χ0) is 21.9. The fourth-order valence-electron chi connectivity index (χ4n) is 3.34. The van der Waals surface area contributed by atoms with Crippen molar-refractivity contribution in [1.82, 2.24) is 4.90 Å². The first-order valence-electron chi connectivity index (χ1n) is 9.17. The Bertz CT molecular complexity index is 928. The van der Waals surface area contributed by atoms with Crippen molar-refractivity contribution in [3.63, 3.8) is 0 Å². The number of methoxy groups -OCH3 is 1. The Hall–Kier alpha value is -3.42. The maximum absolute atomic E-state index is 13.0. The Balaban J connectivity index is 2.58. The number of hydrogen-bond donors (Lipinski definition) is 1. The molecule has 29 heavy (non-hydrogen) atoms. The third-order valence-electron chi connectivity index (χ3n) is 4.53. The van der Waals surface area contributed by atoms with Crippen molar-refractivity contribution in [3.8, 4) is 11.1 Å². The summed E-state index contributed by atoms with van der Waals surface area (Å²) in [4.78, 5) is 37.4. The summed E-state index contributed by atoms with van der Waals surface area (Å²) in [7, 11) is 1.27. The Morgan fingerprint density at radius 3 is 2.03 bits per heavy atom. The average molecular weight is 399 g/mol. The van der Waals surface area contributed by atoms with Gasteiger partial charge in [-0.05, 0) is 51.5 Å². The van der Waals surface area contributed by atoms with Gasteiger partial charge in [-0.3, -0.25) is 14.9 Å². The molecule has 0 saturated carbocycles. The van der Waals surface area contributed by atoms with E-state index in [0.717, 1.165) is 0 Å². The predicted octanol–water partition coefficient (Wildman–Crippen LogP) is 3.89. The number of amides is 1. The maximum Gasteiger partial charge on any atom is 0.337 e. The van der Waals surface area contributed by atoms with Crippen molar-refractivity contribution in [2.75, 3.05) is 12.8 Å². The molecule has 2 aromatic rings. The predicted molar refractivity (Wildman–Crippen MR) is 111 cm³/mol. The summed E-state index contributed by atoms with van der Waals surface area (Å²) in [5.41, 5.74) is 7.11. The fraction of sp³-hybridized carbons (Fsp3) is 0.333. The first-order chi connectivity index (χ1) is 13.6. The molecule has 2 N–H and O–H groups in total. The number of carbonyl (C=O) groups excluding carboxylic acids is 2. The summed E-state index contributed by atoms with van der Waals surface area (Å²) in [6.45, 7) is 7.53. The number of nitrogens with two attached hydrogens (primary N) is 1.